The van der Waals surface area contributed by atoms with Gasteiger partial charge >= 0.3 is 0 Å². The molecule has 49 heavy (non-hydrogen) atoms. The highest BCUT2D eigenvalue weighted by atomic mass is 19.1. The summed E-state index contributed by atoms with van der Waals surface area (Å²) in [6.07, 6.45) is 1.63. The maximum absolute atomic E-state index is 14.7. The van der Waals surface area contributed by atoms with Crippen LogP contribution in [-0.2, 0) is 40.0 Å². The van der Waals surface area contributed by atoms with E-state index in [0.29, 0.717) is 41.3 Å². The topological polar surface area (TPSA) is 86.3 Å². The van der Waals surface area contributed by atoms with Crippen LogP contribution in [0.2, 0.25) is 0 Å². The van der Waals surface area contributed by atoms with Gasteiger partial charge in [-0.15, -0.1) is 0 Å². The SMILES string of the molecule is Cc1c(N(C(=O)c2cc(-c3cc4c(cc3C(=O)N3Cc5ccccc5C[C@H]3C)CNCC4)n(C)c2C)c2ccc(F)cc2)cc(C#N)n1C. The molecule has 5 aromatic rings. The number of nitrogens with zero attached hydrogens (tertiary/aromatic N) is 5. The van der Waals surface area contributed by atoms with Crippen molar-refractivity contribution < 1.29 is 14.0 Å². The summed E-state index contributed by atoms with van der Waals surface area (Å²) in [4.78, 5) is 32.8. The lowest BCUT2D eigenvalue weighted by Crippen LogP contribution is -2.43. The van der Waals surface area contributed by atoms with E-state index in [2.05, 4.69) is 36.5 Å². The highest BCUT2D eigenvalue weighted by Crippen LogP contribution is 2.37. The number of carbonyl (C=O) groups excluding carboxylic acids is 2. The molecule has 3 aromatic carbocycles. The van der Waals surface area contributed by atoms with E-state index in [1.54, 1.807) is 34.7 Å². The monoisotopic (exact) mass is 654 g/mol. The standard InChI is InChI=1S/C40H39FN6O2/c1-24-16-27-8-6-7-9-29(27)23-46(24)39(48)36-18-30-22-43-15-14-28(30)17-35(36)38-20-34(25(2)45(38)5)40(49)47(32-12-10-31(41)11-13-32)37-19-33(21-42)44(4)26(37)3/h6-13,17-20,24,43H,14-16,22-23H2,1-5H3/t24-/m1/s1. The van der Waals surface area contributed by atoms with Crippen LogP contribution in [0.25, 0.3) is 11.3 Å². The van der Waals surface area contributed by atoms with Gasteiger partial charge in [0.25, 0.3) is 11.8 Å². The molecule has 0 saturated carbocycles. The lowest BCUT2D eigenvalue weighted by Gasteiger charge is -2.35. The summed E-state index contributed by atoms with van der Waals surface area (Å²) < 4.78 is 17.8. The molecule has 2 amide bonds. The van der Waals surface area contributed by atoms with Crippen molar-refractivity contribution in [3.8, 4) is 17.3 Å². The number of benzene rings is 3. The summed E-state index contributed by atoms with van der Waals surface area (Å²) in [5.74, 6) is -0.766. The number of hydrogen-bond donors (Lipinski definition) is 1. The Labute approximate surface area is 286 Å². The number of nitrogens with one attached hydrogen (secondary N) is 1. The molecule has 0 spiro atoms. The predicted molar refractivity (Wildman–Crippen MR) is 188 cm³/mol. The zero-order chi connectivity index (χ0) is 34.6. The van der Waals surface area contributed by atoms with Crippen molar-refractivity contribution in [2.75, 3.05) is 11.4 Å². The number of nitriles is 1. The smallest absolute Gasteiger partial charge is 0.264 e. The number of rotatable bonds is 5. The highest BCUT2D eigenvalue weighted by Gasteiger charge is 2.32. The molecule has 2 aliphatic rings. The van der Waals surface area contributed by atoms with E-state index in [9.17, 15) is 19.2 Å². The number of fused-ring (bicyclic) bond motifs is 2. The molecule has 248 valence electrons. The Kier molecular flexibility index (Phi) is 8.21. The second kappa shape index (κ2) is 12.5. The van der Waals surface area contributed by atoms with Gasteiger partial charge in [0.15, 0.2) is 0 Å². The molecular weight excluding hydrogens is 615 g/mol. The molecule has 2 aromatic heterocycles. The molecule has 9 heteroatoms. The van der Waals surface area contributed by atoms with Crippen LogP contribution >= 0.6 is 0 Å². The Morgan fingerprint density at radius 3 is 2.35 bits per heavy atom. The van der Waals surface area contributed by atoms with Crippen LogP contribution < -0.4 is 10.2 Å². The Morgan fingerprint density at radius 2 is 1.63 bits per heavy atom. The average Bonchev–Trinajstić information content (AvgIpc) is 3.57. The summed E-state index contributed by atoms with van der Waals surface area (Å²) in [5, 5.41) is 13.2. The number of carbonyl (C=O) groups is 2. The van der Waals surface area contributed by atoms with E-state index >= 15 is 0 Å². The minimum Gasteiger partial charge on any atom is -0.347 e. The number of halogens is 1. The van der Waals surface area contributed by atoms with Crippen molar-refractivity contribution in [2.24, 2.45) is 14.1 Å². The molecule has 0 unspecified atom stereocenters. The summed E-state index contributed by atoms with van der Waals surface area (Å²) in [6, 6.07) is 24.0. The number of hydrogen-bond acceptors (Lipinski definition) is 4. The van der Waals surface area contributed by atoms with Crippen LogP contribution in [0.5, 0.6) is 0 Å². The van der Waals surface area contributed by atoms with Gasteiger partial charge in [-0.1, -0.05) is 24.3 Å². The van der Waals surface area contributed by atoms with E-state index in [4.69, 9.17) is 0 Å². The third-order valence-corrected chi connectivity index (χ3v) is 10.4. The molecule has 0 saturated heterocycles. The molecule has 0 bridgehead atoms. The molecule has 2 aliphatic heterocycles. The van der Waals surface area contributed by atoms with Crippen LogP contribution in [-0.4, -0.2) is 38.4 Å². The first-order valence-electron chi connectivity index (χ1n) is 16.6. The normalized spacial score (nSPS) is 15.4. The van der Waals surface area contributed by atoms with Gasteiger partial charge in [0.05, 0.1) is 11.3 Å². The molecule has 1 N–H and O–H groups in total. The fraction of sp³-hybridized carbons (Fsp3) is 0.275. The van der Waals surface area contributed by atoms with Gasteiger partial charge in [0, 0.05) is 67.1 Å². The number of amides is 2. The molecule has 4 heterocycles. The van der Waals surface area contributed by atoms with Gasteiger partial charge in [-0.2, -0.15) is 5.26 Å². The van der Waals surface area contributed by atoms with Crippen molar-refractivity contribution in [3.05, 3.63) is 129 Å². The van der Waals surface area contributed by atoms with Crippen LogP contribution in [0.3, 0.4) is 0 Å². The molecule has 0 aliphatic carbocycles. The second-order valence-electron chi connectivity index (χ2n) is 13.2. The van der Waals surface area contributed by atoms with Gasteiger partial charge in [-0.25, -0.2) is 4.39 Å². The Morgan fingerprint density at radius 1 is 0.898 bits per heavy atom. The van der Waals surface area contributed by atoms with E-state index in [-0.39, 0.29) is 17.9 Å². The van der Waals surface area contributed by atoms with Crippen molar-refractivity contribution >= 4 is 23.2 Å². The first-order valence-corrected chi connectivity index (χ1v) is 16.6. The zero-order valence-electron chi connectivity index (χ0n) is 28.5. The first-order chi connectivity index (χ1) is 23.6. The third-order valence-electron chi connectivity index (χ3n) is 10.4. The summed E-state index contributed by atoms with van der Waals surface area (Å²) in [6.45, 7) is 7.93. The van der Waals surface area contributed by atoms with Crippen molar-refractivity contribution in [3.63, 3.8) is 0 Å². The van der Waals surface area contributed by atoms with Gasteiger partial charge in [0.2, 0.25) is 0 Å². The van der Waals surface area contributed by atoms with Crippen molar-refractivity contribution in [1.29, 1.82) is 5.26 Å². The fourth-order valence-corrected chi connectivity index (χ4v) is 7.29. The van der Waals surface area contributed by atoms with Crippen molar-refractivity contribution in [1.82, 2.24) is 19.4 Å². The summed E-state index contributed by atoms with van der Waals surface area (Å²) >= 11 is 0. The minimum absolute atomic E-state index is 0.0216. The maximum atomic E-state index is 14.7. The predicted octanol–water partition coefficient (Wildman–Crippen LogP) is 6.87. The van der Waals surface area contributed by atoms with Gasteiger partial charge in [0.1, 0.15) is 17.6 Å². The van der Waals surface area contributed by atoms with E-state index in [0.717, 1.165) is 53.2 Å². The van der Waals surface area contributed by atoms with Crippen LogP contribution in [0.4, 0.5) is 15.8 Å². The quantitative estimate of drug-likeness (QED) is 0.224. The number of anilines is 2. The van der Waals surface area contributed by atoms with Crippen molar-refractivity contribution in [2.45, 2.75) is 52.7 Å². The largest absolute Gasteiger partial charge is 0.347 e. The maximum Gasteiger partial charge on any atom is 0.264 e. The molecule has 1 atom stereocenters. The Hall–Kier alpha value is -5.46. The first kappa shape index (κ1) is 32.1. The Balaban J connectivity index is 1.35. The highest BCUT2D eigenvalue weighted by molar-refractivity contribution is 6.13. The van der Waals surface area contributed by atoms with Gasteiger partial charge in [-0.3, -0.25) is 14.5 Å². The average molecular weight is 655 g/mol. The van der Waals surface area contributed by atoms with E-state index in [1.807, 2.05) is 54.6 Å². The van der Waals surface area contributed by atoms with Gasteiger partial charge < -0.3 is 19.4 Å². The summed E-state index contributed by atoms with van der Waals surface area (Å²) in [5.41, 5.74) is 10.2. The van der Waals surface area contributed by atoms with E-state index in [1.165, 1.54) is 23.3 Å². The zero-order valence-corrected chi connectivity index (χ0v) is 28.5. The fourth-order valence-electron chi connectivity index (χ4n) is 7.29. The van der Waals surface area contributed by atoms with Gasteiger partial charge in [-0.05, 0) is 111 Å². The Bertz CT molecular complexity index is 2170. The van der Waals surface area contributed by atoms with E-state index < -0.39 is 5.82 Å². The number of aromatic nitrogens is 2. The third kappa shape index (κ3) is 5.52. The van der Waals surface area contributed by atoms with Crippen LogP contribution in [0.15, 0.2) is 72.8 Å². The van der Waals surface area contributed by atoms with Crippen LogP contribution in [0.1, 0.15) is 67.0 Å². The second-order valence-corrected chi connectivity index (χ2v) is 13.2. The molecule has 8 nitrogen and oxygen atoms in total. The molecule has 7 rings (SSSR count). The molecule has 0 radical (unpaired) electrons. The molecular formula is C40H39FN6O2. The van der Waals surface area contributed by atoms with Crippen LogP contribution in [0, 0.1) is 31.0 Å². The minimum atomic E-state index is -0.414. The lowest BCUT2D eigenvalue weighted by atomic mass is 9.90. The lowest BCUT2D eigenvalue weighted by molar-refractivity contribution is 0.0658. The molecule has 0 fully saturated rings. The summed E-state index contributed by atoms with van der Waals surface area (Å²) in [7, 11) is 3.70.